The summed E-state index contributed by atoms with van der Waals surface area (Å²) in [7, 11) is -4.13. The second-order valence-corrected chi connectivity index (χ2v) is 5.45. The van der Waals surface area contributed by atoms with Crippen LogP contribution < -0.4 is 4.72 Å². The number of aromatic nitrogens is 2. The molecule has 0 unspecified atom stereocenters. The molecule has 1 heterocycles. The second kappa shape index (κ2) is 4.96. The Morgan fingerprint density at radius 3 is 2.74 bits per heavy atom. The zero-order chi connectivity index (χ0) is 14.0. The molecule has 0 aliphatic carbocycles. The van der Waals surface area contributed by atoms with Crippen LogP contribution in [-0.2, 0) is 16.4 Å². The van der Waals surface area contributed by atoms with Crippen molar-refractivity contribution in [2.24, 2.45) is 0 Å². The van der Waals surface area contributed by atoms with E-state index in [1.165, 1.54) is 6.20 Å². The molecule has 1 aromatic carbocycles. The Bertz CT molecular complexity index is 698. The van der Waals surface area contributed by atoms with Gasteiger partial charge in [-0.05, 0) is 18.6 Å². The molecular formula is C11H11F2N3O2S. The minimum atomic E-state index is -4.13. The first-order valence-corrected chi connectivity index (χ1v) is 6.92. The van der Waals surface area contributed by atoms with Crippen LogP contribution in [0.3, 0.4) is 0 Å². The zero-order valence-electron chi connectivity index (χ0n) is 9.94. The summed E-state index contributed by atoms with van der Waals surface area (Å²) in [5.74, 6) is -1.82. The van der Waals surface area contributed by atoms with Crippen LogP contribution in [0.5, 0.6) is 0 Å². The van der Waals surface area contributed by atoms with E-state index in [2.05, 4.69) is 14.9 Å². The zero-order valence-corrected chi connectivity index (χ0v) is 10.8. The predicted molar refractivity (Wildman–Crippen MR) is 65.1 cm³/mol. The van der Waals surface area contributed by atoms with Gasteiger partial charge in [-0.25, -0.2) is 17.2 Å². The Kier molecular flexibility index (Phi) is 3.52. The van der Waals surface area contributed by atoms with Crippen molar-refractivity contribution in [3.63, 3.8) is 0 Å². The molecule has 0 saturated carbocycles. The molecular weight excluding hydrogens is 276 g/mol. The highest BCUT2D eigenvalue weighted by Gasteiger charge is 2.21. The Labute approximate surface area is 108 Å². The minimum Gasteiger partial charge on any atom is -0.263 e. The number of anilines is 1. The number of H-pyrrole nitrogens is 1. The lowest BCUT2D eigenvalue weighted by molar-refractivity contribution is 0.551. The molecule has 0 spiro atoms. The molecule has 2 aromatic rings. The molecule has 5 nitrogen and oxygen atoms in total. The predicted octanol–water partition coefficient (Wildman–Crippen LogP) is 2.05. The monoisotopic (exact) mass is 287 g/mol. The molecule has 0 saturated heterocycles. The van der Waals surface area contributed by atoms with Gasteiger partial charge in [0.2, 0.25) is 0 Å². The van der Waals surface area contributed by atoms with Gasteiger partial charge in [0.05, 0.1) is 6.20 Å². The molecule has 0 aliphatic heterocycles. The highest BCUT2D eigenvalue weighted by molar-refractivity contribution is 7.92. The lowest BCUT2D eigenvalue weighted by Gasteiger charge is -2.08. The van der Waals surface area contributed by atoms with Gasteiger partial charge in [-0.2, -0.15) is 5.10 Å². The van der Waals surface area contributed by atoms with Gasteiger partial charge in [-0.15, -0.1) is 0 Å². The third kappa shape index (κ3) is 2.73. The third-order valence-corrected chi connectivity index (χ3v) is 3.90. The lowest BCUT2D eigenvalue weighted by Crippen LogP contribution is -2.16. The van der Waals surface area contributed by atoms with Gasteiger partial charge in [-0.1, -0.05) is 6.92 Å². The largest absolute Gasteiger partial charge is 0.265 e. The molecule has 2 rings (SSSR count). The molecule has 0 bridgehead atoms. The van der Waals surface area contributed by atoms with Crippen molar-refractivity contribution in [3.05, 3.63) is 41.6 Å². The summed E-state index contributed by atoms with van der Waals surface area (Å²) in [6.07, 6.45) is 2.03. The Morgan fingerprint density at radius 2 is 2.11 bits per heavy atom. The first kappa shape index (κ1) is 13.5. The van der Waals surface area contributed by atoms with E-state index in [1.54, 1.807) is 0 Å². The van der Waals surface area contributed by atoms with Crippen LogP contribution in [0.15, 0.2) is 29.3 Å². The Balaban J connectivity index is 2.38. The topological polar surface area (TPSA) is 74.8 Å². The summed E-state index contributed by atoms with van der Waals surface area (Å²) >= 11 is 0. The van der Waals surface area contributed by atoms with Crippen molar-refractivity contribution >= 4 is 15.8 Å². The summed E-state index contributed by atoms with van der Waals surface area (Å²) in [6.45, 7) is 1.82. The average molecular weight is 287 g/mol. The third-order valence-electron chi connectivity index (χ3n) is 2.52. The van der Waals surface area contributed by atoms with Crippen molar-refractivity contribution in [3.8, 4) is 0 Å². The van der Waals surface area contributed by atoms with Gasteiger partial charge in [-0.3, -0.25) is 9.82 Å². The van der Waals surface area contributed by atoms with E-state index in [1.807, 2.05) is 6.92 Å². The van der Waals surface area contributed by atoms with E-state index in [-0.39, 0.29) is 5.82 Å². The maximum atomic E-state index is 13.5. The SMILES string of the molecule is CCc1cn[nH]c1NS(=O)(=O)c1ccc(F)cc1F. The van der Waals surface area contributed by atoms with Crippen molar-refractivity contribution in [2.75, 3.05) is 4.72 Å². The van der Waals surface area contributed by atoms with Crippen molar-refractivity contribution < 1.29 is 17.2 Å². The molecule has 0 atom stereocenters. The van der Waals surface area contributed by atoms with Gasteiger partial charge < -0.3 is 0 Å². The summed E-state index contributed by atoms with van der Waals surface area (Å²) in [5.41, 5.74) is 0.645. The van der Waals surface area contributed by atoms with Gasteiger partial charge >= 0.3 is 0 Å². The number of nitrogens with one attached hydrogen (secondary N) is 2. The lowest BCUT2D eigenvalue weighted by atomic mass is 10.3. The van der Waals surface area contributed by atoms with E-state index in [0.717, 1.165) is 12.1 Å². The van der Waals surface area contributed by atoms with Crippen molar-refractivity contribution in [2.45, 2.75) is 18.2 Å². The Morgan fingerprint density at radius 1 is 1.37 bits per heavy atom. The first-order valence-electron chi connectivity index (χ1n) is 5.44. The van der Waals surface area contributed by atoms with Gasteiger partial charge in [0.15, 0.2) is 0 Å². The fourth-order valence-corrected chi connectivity index (χ4v) is 2.67. The summed E-state index contributed by atoms with van der Waals surface area (Å²) in [5, 5.41) is 6.18. The fraction of sp³-hybridized carbons (Fsp3) is 0.182. The van der Waals surface area contributed by atoms with Gasteiger partial charge in [0.25, 0.3) is 10.0 Å². The van der Waals surface area contributed by atoms with Gasteiger partial charge in [0.1, 0.15) is 22.3 Å². The molecule has 0 aliphatic rings. The molecule has 19 heavy (non-hydrogen) atoms. The molecule has 0 amide bonds. The number of aromatic amines is 1. The van der Waals surface area contributed by atoms with Crippen molar-refractivity contribution in [1.82, 2.24) is 10.2 Å². The van der Waals surface area contributed by atoms with Gasteiger partial charge in [0, 0.05) is 11.6 Å². The van der Waals surface area contributed by atoms with Crippen LogP contribution in [0.25, 0.3) is 0 Å². The normalized spacial score (nSPS) is 11.5. The molecule has 102 valence electrons. The highest BCUT2D eigenvalue weighted by Crippen LogP contribution is 2.20. The van der Waals surface area contributed by atoms with Crippen LogP contribution in [0.4, 0.5) is 14.6 Å². The maximum Gasteiger partial charge on any atom is 0.265 e. The molecule has 1 aromatic heterocycles. The minimum absolute atomic E-state index is 0.172. The summed E-state index contributed by atoms with van der Waals surface area (Å²) in [4.78, 5) is -0.620. The van der Waals surface area contributed by atoms with E-state index >= 15 is 0 Å². The highest BCUT2D eigenvalue weighted by atomic mass is 32.2. The van der Waals surface area contributed by atoms with Crippen LogP contribution in [-0.4, -0.2) is 18.6 Å². The number of sulfonamides is 1. The molecule has 2 N–H and O–H groups in total. The summed E-state index contributed by atoms with van der Waals surface area (Å²) in [6, 6.07) is 2.27. The number of aryl methyl sites for hydroxylation is 1. The van der Waals surface area contributed by atoms with E-state index in [0.29, 0.717) is 18.1 Å². The fourth-order valence-electron chi connectivity index (χ4n) is 1.55. The van der Waals surface area contributed by atoms with E-state index in [9.17, 15) is 17.2 Å². The Hall–Kier alpha value is -1.96. The van der Waals surface area contributed by atoms with Crippen LogP contribution in [0, 0.1) is 11.6 Å². The second-order valence-electron chi connectivity index (χ2n) is 3.80. The summed E-state index contributed by atoms with van der Waals surface area (Å²) < 4.78 is 52.4. The quantitative estimate of drug-likeness (QED) is 0.903. The van der Waals surface area contributed by atoms with Crippen LogP contribution in [0.1, 0.15) is 12.5 Å². The average Bonchev–Trinajstić information content (AvgIpc) is 2.74. The number of rotatable bonds is 4. The van der Waals surface area contributed by atoms with Crippen LogP contribution in [0.2, 0.25) is 0 Å². The number of benzene rings is 1. The number of halogens is 2. The van der Waals surface area contributed by atoms with Crippen molar-refractivity contribution in [1.29, 1.82) is 0 Å². The number of hydrogen-bond donors (Lipinski definition) is 2. The number of hydrogen-bond acceptors (Lipinski definition) is 3. The van der Waals surface area contributed by atoms with E-state index in [4.69, 9.17) is 0 Å². The van der Waals surface area contributed by atoms with Crippen LogP contribution >= 0.6 is 0 Å². The van der Waals surface area contributed by atoms with E-state index < -0.39 is 26.6 Å². The maximum absolute atomic E-state index is 13.5. The smallest absolute Gasteiger partial charge is 0.263 e. The standard InChI is InChI=1S/C11H11F2N3O2S/c1-2-7-6-14-15-11(7)16-19(17,18)10-4-3-8(12)5-9(10)13/h3-6H,2H2,1H3,(H2,14,15,16). The molecule has 8 heteroatoms. The first-order chi connectivity index (χ1) is 8.94. The number of nitrogens with zero attached hydrogens (tertiary/aromatic N) is 1. The molecule has 0 fully saturated rings. The molecule has 0 radical (unpaired) electrons.